The minimum absolute atomic E-state index is 0.0340. The van der Waals surface area contributed by atoms with Gasteiger partial charge >= 0.3 is 13.7 Å². The van der Waals surface area contributed by atoms with E-state index in [2.05, 4.69) is 177 Å². The summed E-state index contributed by atoms with van der Waals surface area (Å²) in [5, 5.41) is 3.79. The fraction of sp³-hybridized carbons (Fsp3) is 0.0357. The molecule has 14 rings (SSSR count). The Bertz CT molecular complexity index is 4000. The number of hydrogen-bond donors (Lipinski definition) is 0. The number of aliphatic imine (C=N–C) groups is 4. The average Bonchev–Trinajstić information content (AvgIpc) is 4.12. The van der Waals surface area contributed by atoms with Gasteiger partial charge in [0.25, 0.3) is 0 Å². The molecule has 1 atom stereocenters. The number of rotatable bonds is 8. The maximum atomic E-state index is 8.44. The number of thioether (sulfide) groups is 1. The van der Waals surface area contributed by atoms with E-state index in [9.17, 15) is 0 Å². The van der Waals surface area contributed by atoms with E-state index in [-0.39, 0.29) is 5.25 Å². The lowest BCUT2D eigenvalue weighted by Crippen LogP contribution is -2.43. The molecule has 0 radical (unpaired) electrons. The van der Waals surface area contributed by atoms with Gasteiger partial charge in [0, 0.05) is 83.3 Å². The molecule has 8 nitrogen and oxygen atoms in total. The first kappa shape index (κ1) is 42.5. The fourth-order valence-electron chi connectivity index (χ4n) is 9.71. The lowest BCUT2D eigenvalue weighted by molar-refractivity contribution is 0.981. The summed E-state index contributed by atoms with van der Waals surface area (Å²) in [7, 11) is 8.44. The zero-order valence-corrected chi connectivity index (χ0v) is 42.0. The monoisotopic (exact) mass is 1010 g/mol. The highest BCUT2D eigenvalue weighted by molar-refractivity contribution is 8.00. The summed E-state index contributed by atoms with van der Waals surface area (Å²) in [6.07, 6.45) is 5.25. The van der Waals surface area contributed by atoms with Crippen LogP contribution in [0.3, 0.4) is 0 Å². The highest BCUT2D eigenvalue weighted by atomic mass is 35.6. The lowest BCUT2D eigenvalue weighted by Gasteiger charge is -2.21. The maximum Gasteiger partial charge on any atom is 0.722 e. The van der Waals surface area contributed by atoms with Gasteiger partial charge in [-0.2, -0.15) is 10.0 Å². The van der Waals surface area contributed by atoms with Crippen LogP contribution < -0.4 is 11.0 Å². The van der Waals surface area contributed by atoms with E-state index in [0.717, 1.165) is 79.6 Å². The Morgan fingerprint density at radius 1 is 0.457 bits per heavy atom. The minimum atomic E-state index is -3.07. The molecule has 0 N–H and O–H groups in total. The van der Waals surface area contributed by atoms with Crippen LogP contribution in [0.2, 0.25) is 0 Å². The van der Waals surface area contributed by atoms with Crippen LogP contribution in [0.1, 0.15) is 17.5 Å². The summed E-state index contributed by atoms with van der Waals surface area (Å²) in [5.74, 6) is 3.79. The topological polar surface area (TPSA) is 84.0 Å². The predicted molar refractivity (Wildman–Crippen MR) is 291 cm³/mol. The molecule has 0 saturated heterocycles. The molecule has 6 heterocycles. The smallest absolute Gasteiger partial charge is 0.370 e. The quantitative estimate of drug-likeness (QED) is 0.142. The van der Waals surface area contributed by atoms with E-state index in [0.29, 0.717) is 46.0 Å². The molecule has 2 aromatic heterocycles. The Kier molecular flexibility index (Phi) is 10.6. The van der Waals surface area contributed by atoms with E-state index >= 15 is 0 Å². The molecule has 0 saturated carbocycles. The van der Waals surface area contributed by atoms with Gasteiger partial charge in [0.1, 0.15) is 22.6 Å². The van der Waals surface area contributed by atoms with Crippen molar-refractivity contribution in [3.05, 3.63) is 221 Å². The second-order valence-electron chi connectivity index (χ2n) is 17.0. The number of aromatic nitrogens is 2. The zero-order valence-electron chi connectivity index (χ0n) is 36.8. The molecule has 9 aromatic rings. The molecule has 332 valence electrons. The van der Waals surface area contributed by atoms with E-state index in [1.54, 1.807) is 35.3 Å². The normalized spacial score (nSPS) is 16.2. The van der Waals surface area contributed by atoms with Gasteiger partial charge in [-0.05, 0) is 73.2 Å². The number of nitrogens with zero attached hydrogens (tertiary/aromatic N) is 8. The van der Waals surface area contributed by atoms with E-state index in [1.807, 2.05) is 30.0 Å². The molecule has 14 heteroatoms. The number of benzene rings is 7. The molecule has 7 aromatic carbocycles. The Morgan fingerprint density at radius 2 is 1.01 bits per heavy atom. The Balaban J connectivity index is 1.13. The SMILES string of the molecule is [Cl][Al]1[n]2c3c4cccc(Sc5ccccc5)c4c2N=C2N=C(N=c4c5cccc(Sc6ccccc6)c5c([n]41)=NC1=NC(=N3)C3=C1C=CCC3Sc1ccccc1)c1c(Sc3ccccc3)cccc12. The number of halogens is 1. The van der Waals surface area contributed by atoms with E-state index in [1.165, 1.54) is 4.90 Å². The number of hydrogen-bond acceptors (Lipinski definition) is 10. The van der Waals surface area contributed by atoms with Gasteiger partial charge < -0.3 is 7.10 Å². The molecule has 70 heavy (non-hydrogen) atoms. The molecular weight excluding hydrogens is 975 g/mol. The third kappa shape index (κ3) is 7.17. The van der Waals surface area contributed by atoms with Gasteiger partial charge in [0.05, 0.1) is 0 Å². The van der Waals surface area contributed by atoms with Gasteiger partial charge in [-0.1, -0.05) is 157 Å². The molecule has 1 unspecified atom stereocenters. The van der Waals surface area contributed by atoms with Crippen molar-refractivity contribution in [3.8, 4) is 0 Å². The van der Waals surface area contributed by atoms with Crippen molar-refractivity contribution in [2.45, 2.75) is 45.9 Å². The molecule has 1 aliphatic carbocycles. The van der Waals surface area contributed by atoms with Crippen molar-refractivity contribution >= 4 is 127 Å². The van der Waals surface area contributed by atoms with Crippen LogP contribution in [0.4, 0.5) is 11.6 Å². The molecule has 4 aliphatic heterocycles. The fourth-order valence-corrected chi connectivity index (χ4v) is 16.8. The summed E-state index contributed by atoms with van der Waals surface area (Å²) in [4.78, 5) is 41.3. The van der Waals surface area contributed by atoms with E-state index in [4.69, 9.17) is 40.0 Å². The summed E-state index contributed by atoms with van der Waals surface area (Å²) in [6, 6.07) is 61.3. The summed E-state index contributed by atoms with van der Waals surface area (Å²) in [6.45, 7) is 0. The van der Waals surface area contributed by atoms with Crippen LogP contribution in [-0.2, 0) is 0 Å². The van der Waals surface area contributed by atoms with Gasteiger partial charge in [0.2, 0.25) is 0 Å². The number of allylic oxidation sites excluding steroid dienone is 1. The number of fused-ring (bicyclic) bond motifs is 13. The molecule has 0 fully saturated rings. The summed E-state index contributed by atoms with van der Waals surface area (Å²) in [5.41, 5.74) is 5.24. The number of amidine groups is 4. The van der Waals surface area contributed by atoms with Crippen LogP contribution in [0.5, 0.6) is 0 Å². The van der Waals surface area contributed by atoms with Crippen molar-refractivity contribution in [2.75, 3.05) is 0 Å². The first-order valence-corrected chi connectivity index (χ1v) is 28.9. The Morgan fingerprint density at radius 3 is 1.70 bits per heavy atom. The first-order chi connectivity index (χ1) is 34.6. The standard InChI is InChI=1S/C56H34N8S4.Al.ClH/c1-5-17-33(18-6-1)65-41-29-13-25-37-45(41)53-57-49(37)62-54-47-39(27-15-31-43(47)67-35-21-9-3-10-22-35)51(59-54)64-56-48-40(28-16-32-44(48)68-36-23-11-4-12-24-36)52(60-56)63-55-46-38(50(58-55)61-53)26-14-30-42(46)66-34-19-7-2-8-20-34;;/h1-31,44H,32H2;;1H/q-2;+3;/p-1. The van der Waals surface area contributed by atoms with Crippen LogP contribution >= 0.6 is 57.1 Å². The van der Waals surface area contributed by atoms with Crippen molar-refractivity contribution in [3.63, 3.8) is 0 Å². The molecule has 0 amide bonds. The van der Waals surface area contributed by atoms with Gasteiger partial charge in [-0.3, -0.25) is 0 Å². The maximum absolute atomic E-state index is 8.44. The molecule has 6 bridgehead atoms. The van der Waals surface area contributed by atoms with Crippen molar-refractivity contribution < 1.29 is 0 Å². The van der Waals surface area contributed by atoms with Crippen molar-refractivity contribution in [1.82, 2.24) is 7.10 Å². The second kappa shape index (κ2) is 17.5. The molecular formula is C56H34AlClN8S4. The zero-order chi connectivity index (χ0) is 46.3. The molecule has 5 aliphatic rings. The second-order valence-corrected chi connectivity index (χ2v) is 24.4. The Labute approximate surface area is 428 Å². The summed E-state index contributed by atoms with van der Waals surface area (Å²) < 4.78 is 4.41. The van der Waals surface area contributed by atoms with Crippen molar-refractivity contribution in [2.24, 2.45) is 30.0 Å². The van der Waals surface area contributed by atoms with Crippen molar-refractivity contribution in [1.29, 1.82) is 0 Å². The average molecular weight is 1010 g/mol. The molecule has 0 spiro atoms. The summed E-state index contributed by atoms with van der Waals surface area (Å²) >= 11 is 3.87. The van der Waals surface area contributed by atoms with Crippen LogP contribution in [-0.4, -0.2) is 49.4 Å². The predicted octanol–water partition coefficient (Wildman–Crippen LogP) is 13.6. The van der Waals surface area contributed by atoms with Crippen LogP contribution in [0, 0.1) is 0 Å². The third-order valence-electron chi connectivity index (χ3n) is 12.7. The lowest BCUT2D eigenvalue weighted by atomic mass is 9.97. The van der Waals surface area contributed by atoms with Gasteiger partial charge in [-0.15, -0.1) is 11.8 Å². The first-order valence-electron chi connectivity index (χ1n) is 22.8. The van der Waals surface area contributed by atoms with Gasteiger partial charge in [0.15, 0.2) is 23.3 Å². The highest BCUT2D eigenvalue weighted by Gasteiger charge is 2.41. The highest BCUT2D eigenvalue weighted by Crippen LogP contribution is 2.48. The van der Waals surface area contributed by atoms with Crippen LogP contribution in [0.25, 0.3) is 21.5 Å². The van der Waals surface area contributed by atoms with Gasteiger partial charge in [-0.25, -0.2) is 30.0 Å². The van der Waals surface area contributed by atoms with Crippen LogP contribution in [0.15, 0.2) is 263 Å². The third-order valence-corrected chi connectivity index (χ3v) is 20.2. The van der Waals surface area contributed by atoms with E-state index < -0.39 is 13.7 Å². The largest absolute Gasteiger partial charge is 0.722 e. The minimum Gasteiger partial charge on any atom is -0.370 e. The Hall–Kier alpha value is -6.40.